The van der Waals surface area contributed by atoms with Gasteiger partial charge in [0.15, 0.2) is 6.10 Å². The zero-order valence-electron chi connectivity index (χ0n) is 43.2. The highest BCUT2D eigenvalue weighted by Gasteiger charge is 2.25. The van der Waals surface area contributed by atoms with Gasteiger partial charge in [0.05, 0.1) is 34.4 Å². The average molecular weight is 911 g/mol. The van der Waals surface area contributed by atoms with Crippen LogP contribution in [0.5, 0.6) is 0 Å². The predicted molar refractivity (Wildman–Crippen MR) is 268 cm³/mol. The van der Waals surface area contributed by atoms with E-state index in [4.69, 9.17) is 18.9 Å². The number of nitrogens with zero attached hydrogens (tertiary/aromatic N) is 1. The Balaban J connectivity index is 4.21. The zero-order chi connectivity index (χ0) is 47.0. The van der Waals surface area contributed by atoms with Crippen molar-refractivity contribution < 1.29 is 42.9 Å². The van der Waals surface area contributed by atoms with E-state index in [0.29, 0.717) is 17.4 Å². The van der Waals surface area contributed by atoms with Crippen molar-refractivity contribution in [2.24, 2.45) is 0 Å². The van der Waals surface area contributed by atoms with Crippen LogP contribution in [-0.2, 0) is 33.3 Å². The minimum atomic E-state index is -1.50. The number of rotatable bonds is 52. The van der Waals surface area contributed by atoms with Crippen LogP contribution >= 0.6 is 0 Å². The lowest BCUT2D eigenvalue weighted by Crippen LogP contribution is -2.40. The summed E-state index contributed by atoms with van der Waals surface area (Å²) in [6.45, 7) is 4.94. The van der Waals surface area contributed by atoms with Gasteiger partial charge < -0.3 is 28.5 Å². The highest BCUT2D eigenvalue weighted by Crippen LogP contribution is 2.18. The number of hydrogen-bond acceptors (Lipinski definition) is 7. The molecule has 0 radical (unpaired) electrons. The van der Waals surface area contributed by atoms with Crippen molar-refractivity contribution in [1.29, 1.82) is 0 Å². The fraction of sp³-hybridized carbons (Fsp3) is 0.945. The largest absolute Gasteiger partial charge is 0.477 e. The summed E-state index contributed by atoms with van der Waals surface area (Å²) in [6, 6.07) is 0. The second kappa shape index (κ2) is 47.8. The van der Waals surface area contributed by atoms with Crippen LogP contribution < -0.4 is 0 Å². The SMILES string of the molecule is CCCCCCCCCCCCCCCCCCCCCCCCCC(=O)OC(COC(=O)CCCCCCCCCCCCCCCCCC)COC(OCC[N+](C)(C)C)C(=O)O. The highest BCUT2D eigenvalue weighted by atomic mass is 16.7. The number of hydrogen-bond donors (Lipinski definition) is 1. The predicted octanol–water partition coefficient (Wildman–Crippen LogP) is 15.6. The topological polar surface area (TPSA) is 108 Å². The number of carboxylic acids is 1. The number of ether oxygens (including phenoxy) is 4. The summed E-state index contributed by atoms with van der Waals surface area (Å²) in [5.41, 5.74) is 0. The normalized spacial score (nSPS) is 12.7. The molecule has 2 unspecified atom stereocenters. The first-order valence-corrected chi connectivity index (χ1v) is 27.7. The fourth-order valence-corrected chi connectivity index (χ4v) is 8.31. The number of likely N-dealkylation sites (N-methyl/N-ethyl adjacent to an activating group) is 1. The molecule has 0 aliphatic carbocycles. The van der Waals surface area contributed by atoms with Gasteiger partial charge in [0.1, 0.15) is 13.2 Å². The minimum Gasteiger partial charge on any atom is -0.477 e. The molecule has 0 spiro atoms. The smallest absolute Gasteiger partial charge is 0.361 e. The third-order valence-electron chi connectivity index (χ3n) is 12.6. The lowest BCUT2D eigenvalue weighted by molar-refractivity contribution is -0.870. The third-order valence-corrected chi connectivity index (χ3v) is 12.6. The van der Waals surface area contributed by atoms with Crippen LogP contribution in [0.4, 0.5) is 0 Å². The molecule has 0 saturated heterocycles. The van der Waals surface area contributed by atoms with Crippen molar-refractivity contribution in [2.75, 3.05) is 47.5 Å². The molecule has 2 atom stereocenters. The molecule has 0 aromatic rings. The van der Waals surface area contributed by atoms with E-state index < -0.39 is 18.4 Å². The summed E-state index contributed by atoms with van der Waals surface area (Å²) < 4.78 is 22.9. The summed E-state index contributed by atoms with van der Waals surface area (Å²) in [4.78, 5) is 37.3. The van der Waals surface area contributed by atoms with Gasteiger partial charge in [-0.2, -0.15) is 0 Å². The molecule has 0 aliphatic rings. The van der Waals surface area contributed by atoms with Crippen LogP contribution in [0.2, 0.25) is 0 Å². The average Bonchev–Trinajstić information content (AvgIpc) is 3.26. The lowest BCUT2D eigenvalue weighted by Gasteiger charge is -2.25. The first kappa shape index (κ1) is 62.3. The van der Waals surface area contributed by atoms with E-state index in [0.717, 1.165) is 38.5 Å². The van der Waals surface area contributed by atoms with Crippen LogP contribution in [0.3, 0.4) is 0 Å². The summed E-state index contributed by atoms with van der Waals surface area (Å²) in [5, 5.41) is 9.68. The van der Waals surface area contributed by atoms with Crippen LogP contribution in [0.25, 0.3) is 0 Å². The first-order chi connectivity index (χ1) is 31.1. The molecule has 0 saturated carbocycles. The van der Waals surface area contributed by atoms with E-state index in [-0.39, 0.29) is 38.2 Å². The van der Waals surface area contributed by atoms with Crippen molar-refractivity contribution in [1.82, 2.24) is 0 Å². The number of quaternary nitrogens is 1. The van der Waals surface area contributed by atoms with Gasteiger partial charge in [-0.05, 0) is 12.8 Å². The minimum absolute atomic E-state index is 0.173. The Hall–Kier alpha value is -1.71. The molecule has 0 bridgehead atoms. The van der Waals surface area contributed by atoms with E-state index in [2.05, 4.69) is 13.8 Å². The molecule has 9 nitrogen and oxygen atoms in total. The van der Waals surface area contributed by atoms with Gasteiger partial charge in [0.2, 0.25) is 0 Å². The molecule has 9 heteroatoms. The molecule has 0 aliphatic heterocycles. The molecule has 0 heterocycles. The molecule has 0 rings (SSSR count). The second-order valence-corrected chi connectivity index (χ2v) is 20.3. The Morgan fingerprint density at radius 2 is 0.703 bits per heavy atom. The quantitative estimate of drug-likeness (QED) is 0.0278. The van der Waals surface area contributed by atoms with Gasteiger partial charge in [-0.3, -0.25) is 9.59 Å². The number of unbranched alkanes of at least 4 members (excludes halogenated alkanes) is 37. The zero-order valence-corrected chi connectivity index (χ0v) is 43.2. The molecule has 380 valence electrons. The van der Waals surface area contributed by atoms with Crippen molar-refractivity contribution in [2.45, 2.75) is 289 Å². The summed E-state index contributed by atoms with van der Waals surface area (Å²) in [7, 11) is 5.98. The second-order valence-electron chi connectivity index (χ2n) is 20.3. The Labute approximate surface area is 396 Å². The van der Waals surface area contributed by atoms with Crippen molar-refractivity contribution >= 4 is 17.9 Å². The van der Waals surface area contributed by atoms with Gasteiger partial charge in [-0.25, -0.2) is 4.79 Å². The molecule has 0 aromatic heterocycles. The van der Waals surface area contributed by atoms with Gasteiger partial charge in [0.25, 0.3) is 6.29 Å². The standard InChI is InChI=1S/C55H107NO8/c1-6-8-10-12-14-16-18-20-22-24-25-26-27-28-29-30-32-34-36-38-40-42-44-46-53(58)64-51(50-63-55(54(59)60)61-48-47-56(3,4)5)49-62-52(57)45-43-41-39-37-35-33-31-23-21-19-17-15-13-11-9-7-2/h51,55H,6-50H2,1-5H3/p+1. The number of aliphatic carboxylic acids is 1. The van der Waals surface area contributed by atoms with Gasteiger partial charge in [-0.15, -0.1) is 0 Å². The molecule has 0 fully saturated rings. The van der Waals surface area contributed by atoms with Crippen LogP contribution in [0, 0.1) is 0 Å². The maximum atomic E-state index is 12.8. The van der Waals surface area contributed by atoms with Crippen molar-refractivity contribution in [3.63, 3.8) is 0 Å². The van der Waals surface area contributed by atoms with Gasteiger partial charge in [-0.1, -0.05) is 251 Å². The van der Waals surface area contributed by atoms with E-state index in [1.54, 1.807) is 0 Å². The molecule has 0 amide bonds. The summed E-state index contributed by atoms with van der Waals surface area (Å²) >= 11 is 0. The maximum Gasteiger partial charge on any atom is 0.361 e. The van der Waals surface area contributed by atoms with E-state index >= 15 is 0 Å². The molecule has 0 aromatic carbocycles. The Bertz CT molecular complexity index is 1020. The number of carbonyl (C=O) groups excluding carboxylic acids is 2. The molecule has 64 heavy (non-hydrogen) atoms. The van der Waals surface area contributed by atoms with E-state index in [9.17, 15) is 19.5 Å². The van der Waals surface area contributed by atoms with E-state index in [1.807, 2.05) is 21.1 Å². The fourth-order valence-electron chi connectivity index (χ4n) is 8.31. The van der Waals surface area contributed by atoms with Gasteiger partial charge in [0, 0.05) is 12.8 Å². The number of carbonyl (C=O) groups is 3. The van der Waals surface area contributed by atoms with Gasteiger partial charge >= 0.3 is 17.9 Å². The molecule has 1 N–H and O–H groups in total. The Morgan fingerprint density at radius 3 is 1.00 bits per heavy atom. The van der Waals surface area contributed by atoms with Crippen LogP contribution in [0.15, 0.2) is 0 Å². The van der Waals surface area contributed by atoms with Crippen molar-refractivity contribution in [3.05, 3.63) is 0 Å². The Kier molecular flexibility index (Phi) is 46.5. The Morgan fingerprint density at radius 1 is 0.406 bits per heavy atom. The number of esters is 2. The summed E-state index contributed by atoms with van der Waals surface area (Å²) in [6.07, 6.45) is 48.8. The van der Waals surface area contributed by atoms with Crippen LogP contribution in [-0.4, -0.2) is 87.4 Å². The van der Waals surface area contributed by atoms with Crippen molar-refractivity contribution in [3.8, 4) is 0 Å². The molecular weight excluding hydrogens is 803 g/mol. The number of carboxylic acid groups (broad SMARTS) is 1. The maximum absolute atomic E-state index is 12.8. The monoisotopic (exact) mass is 911 g/mol. The third kappa shape index (κ3) is 48.2. The molecular formula is C55H108NO8+. The highest BCUT2D eigenvalue weighted by molar-refractivity contribution is 5.71. The van der Waals surface area contributed by atoms with Crippen LogP contribution in [0.1, 0.15) is 277 Å². The summed E-state index contributed by atoms with van der Waals surface area (Å²) in [5.74, 6) is -1.98. The lowest BCUT2D eigenvalue weighted by atomic mass is 10.0. The van der Waals surface area contributed by atoms with E-state index in [1.165, 1.54) is 212 Å². The first-order valence-electron chi connectivity index (χ1n) is 27.7.